The van der Waals surface area contributed by atoms with Crippen molar-refractivity contribution in [2.75, 3.05) is 0 Å². The van der Waals surface area contributed by atoms with Crippen molar-refractivity contribution in [3.8, 4) is 0 Å². The van der Waals surface area contributed by atoms with E-state index in [0.717, 1.165) is 6.42 Å². The molecule has 1 heteroatoms. The largest absolute Gasteiger partial charge is 0.176 e. The van der Waals surface area contributed by atoms with Gasteiger partial charge in [0.2, 0.25) is 0 Å². The lowest BCUT2D eigenvalue weighted by Crippen LogP contribution is -1.90. The van der Waals surface area contributed by atoms with Crippen LogP contribution in [0.2, 0.25) is 0 Å². The molecule has 1 aliphatic carbocycles. The van der Waals surface area contributed by atoms with Crippen molar-refractivity contribution in [2.24, 2.45) is 0 Å². The molecule has 0 radical (unpaired) electrons. The molecule has 0 spiro atoms. The summed E-state index contributed by atoms with van der Waals surface area (Å²) in [6.45, 7) is 0. The normalized spacial score (nSPS) is 14.6. The number of thiol groups is 1. The highest BCUT2D eigenvalue weighted by molar-refractivity contribution is 8.20. The fraction of sp³-hybridized carbons (Fsp3) is 0.0526. The van der Waals surface area contributed by atoms with Crippen LogP contribution in [0.3, 0.4) is 0 Å². The van der Waals surface area contributed by atoms with Crippen molar-refractivity contribution in [1.82, 2.24) is 0 Å². The molecule has 0 amide bonds. The lowest BCUT2D eigenvalue weighted by atomic mass is 10.3. The Labute approximate surface area is 123 Å². The molecule has 20 heavy (non-hydrogen) atoms. The molecule has 2 aromatic rings. The summed E-state index contributed by atoms with van der Waals surface area (Å²) in [5.74, 6) is 0. The SMILES string of the molecule is C1=CC=C([SH](c2ccccc2)c2ccccc2)CC=C1. The van der Waals surface area contributed by atoms with Gasteiger partial charge in [0.1, 0.15) is 0 Å². The predicted molar refractivity (Wildman–Crippen MR) is 89.4 cm³/mol. The average Bonchev–Trinajstić information content (AvgIpc) is 2.79. The molecule has 0 fully saturated rings. The number of hydrogen-bond donors (Lipinski definition) is 1. The first-order valence-electron chi connectivity index (χ1n) is 6.88. The summed E-state index contributed by atoms with van der Waals surface area (Å²) in [7, 11) is -0.427. The average molecular weight is 278 g/mol. The van der Waals surface area contributed by atoms with Crippen LogP contribution in [-0.2, 0) is 0 Å². The zero-order valence-corrected chi connectivity index (χ0v) is 12.2. The van der Waals surface area contributed by atoms with Gasteiger partial charge >= 0.3 is 0 Å². The predicted octanol–water partition coefficient (Wildman–Crippen LogP) is 5.51. The Bertz CT molecular complexity index is 596. The van der Waals surface area contributed by atoms with Gasteiger partial charge in [-0.1, -0.05) is 66.8 Å². The van der Waals surface area contributed by atoms with E-state index >= 15 is 0 Å². The Morgan fingerprint density at radius 2 is 1.25 bits per heavy atom. The van der Waals surface area contributed by atoms with Gasteiger partial charge in [-0.3, -0.25) is 0 Å². The Kier molecular flexibility index (Phi) is 4.19. The maximum atomic E-state index is 2.28. The third-order valence-corrected chi connectivity index (χ3v) is 5.83. The molecule has 0 unspecified atom stereocenters. The van der Waals surface area contributed by atoms with Gasteiger partial charge in [-0.25, -0.2) is 0 Å². The van der Waals surface area contributed by atoms with E-state index in [1.807, 2.05) is 0 Å². The monoisotopic (exact) mass is 278 g/mol. The highest BCUT2D eigenvalue weighted by Gasteiger charge is 2.13. The second kappa shape index (κ2) is 6.44. The van der Waals surface area contributed by atoms with Crippen LogP contribution in [0, 0.1) is 0 Å². The van der Waals surface area contributed by atoms with Gasteiger partial charge in [-0.15, -0.1) is 0 Å². The molecule has 100 valence electrons. The zero-order chi connectivity index (χ0) is 13.6. The van der Waals surface area contributed by atoms with E-state index in [4.69, 9.17) is 0 Å². The molecule has 0 atom stereocenters. The van der Waals surface area contributed by atoms with Gasteiger partial charge in [0.15, 0.2) is 0 Å². The van der Waals surface area contributed by atoms with Gasteiger partial charge in [0.05, 0.1) is 0 Å². The Balaban J connectivity index is 2.07. The summed E-state index contributed by atoms with van der Waals surface area (Å²) < 4.78 is 0. The third-order valence-electron chi connectivity index (χ3n) is 3.29. The van der Waals surface area contributed by atoms with Crippen LogP contribution in [0.5, 0.6) is 0 Å². The van der Waals surface area contributed by atoms with Crippen LogP contribution >= 0.6 is 10.9 Å². The zero-order valence-electron chi connectivity index (χ0n) is 11.3. The maximum absolute atomic E-state index is 2.28. The van der Waals surface area contributed by atoms with E-state index in [1.165, 1.54) is 14.7 Å². The van der Waals surface area contributed by atoms with Crippen LogP contribution in [0.15, 0.2) is 106 Å². The lowest BCUT2D eigenvalue weighted by molar-refractivity contribution is 1.31. The van der Waals surface area contributed by atoms with Gasteiger partial charge < -0.3 is 0 Å². The summed E-state index contributed by atoms with van der Waals surface area (Å²) in [5, 5.41) is 0. The van der Waals surface area contributed by atoms with Gasteiger partial charge in [0, 0.05) is 0 Å². The van der Waals surface area contributed by atoms with Gasteiger partial charge in [0.25, 0.3) is 0 Å². The molecule has 0 aromatic heterocycles. The second-order valence-corrected chi connectivity index (χ2v) is 6.96. The topological polar surface area (TPSA) is 0 Å². The molecule has 0 saturated carbocycles. The molecular weight excluding hydrogens is 260 g/mol. The smallest absolute Gasteiger partial charge is 0.00450 e. The summed E-state index contributed by atoms with van der Waals surface area (Å²) in [5.41, 5.74) is 0. The first-order chi connectivity index (χ1) is 9.95. The molecule has 0 saturated heterocycles. The molecule has 1 aliphatic rings. The van der Waals surface area contributed by atoms with Crippen LogP contribution < -0.4 is 0 Å². The number of rotatable bonds is 3. The molecule has 0 bridgehead atoms. The van der Waals surface area contributed by atoms with Crippen molar-refractivity contribution >= 4 is 10.9 Å². The quantitative estimate of drug-likeness (QED) is 0.704. The number of benzene rings is 2. The first-order valence-corrected chi connectivity index (χ1v) is 8.22. The minimum atomic E-state index is -0.427. The van der Waals surface area contributed by atoms with Crippen LogP contribution in [0.1, 0.15) is 6.42 Å². The van der Waals surface area contributed by atoms with Crippen LogP contribution in [-0.4, -0.2) is 0 Å². The molecule has 0 aliphatic heterocycles. The Morgan fingerprint density at radius 1 is 0.650 bits per heavy atom. The lowest BCUT2D eigenvalue weighted by Gasteiger charge is -2.25. The minimum absolute atomic E-state index is 0.427. The Morgan fingerprint density at radius 3 is 1.85 bits per heavy atom. The molecule has 2 aromatic carbocycles. The van der Waals surface area contributed by atoms with Gasteiger partial charge in [-0.2, -0.15) is 10.9 Å². The van der Waals surface area contributed by atoms with Crippen molar-refractivity contribution < 1.29 is 0 Å². The first kappa shape index (κ1) is 13.0. The highest BCUT2D eigenvalue weighted by atomic mass is 32.2. The highest BCUT2D eigenvalue weighted by Crippen LogP contribution is 2.52. The summed E-state index contributed by atoms with van der Waals surface area (Å²) in [6.07, 6.45) is 12.0. The van der Waals surface area contributed by atoms with E-state index in [0.29, 0.717) is 0 Å². The second-order valence-electron chi connectivity index (χ2n) is 4.68. The molecule has 0 heterocycles. The summed E-state index contributed by atoms with van der Waals surface area (Å²) >= 11 is 0. The van der Waals surface area contributed by atoms with Crippen molar-refractivity contribution in [2.45, 2.75) is 16.2 Å². The molecule has 0 N–H and O–H groups in total. The number of allylic oxidation sites excluding steroid dienone is 6. The fourth-order valence-electron chi connectivity index (χ4n) is 2.37. The Hall–Kier alpha value is -1.99. The standard InChI is InChI=1S/C19H18S/c1-2-6-12-17(11-5-1)20(18-13-7-3-8-14-18)19-15-9-4-10-16-19/h1-11,13-16,20H,12H2. The van der Waals surface area contributed by atoms with E-state index in [1.54, 1.807) is 0 Å². The van der Waals surface area contributed by atoms with Crippen molar-refractivity contribution in [1.29, 1.82) is 0 Å². The van der Waals surface area contributed by atoms with E-state index < -0.39 is 10.9 Å². The van der Waals surface area contributed by atoms with Crippen molar-refractivity contribution in [3.63, 3.8) is 0 Å². The minimum Gasteiger partial charge on any atom is -0.176 e. The van der Waals surface area contributed by atoms with Crippen molar-refractivity contribution in [3.05, 3.63) is 95.9 Å². The number of hydrogen-bond acceptors (Lipinski definition) is 0. The summed E-state index contributed by atoms with van der Waals surface area (Å²) in [4.78, 5) is 4.34. The van der Waals surface area contributed by atoms with Crippen LogP contribution in [0.4, 0.5) is 0 Å². The van der Waals surface area contributed by atoms with E-state index in [2.05, 4.69) is 91.0 Å². The van der Waals surface area contributed by atoms with Gasteiger partial charge in [-0.05, 0) is 45.4 Å². The molecule has 0 nitrogen and oxygen atoms in total. The third kappa shape index (κ3) is 2.94. The van der Waals surface area contributed by atoms with E-state index in [9.17, 15) is 0 Å². The molecule has 3 rings (SSSR count). The molecular formula is C19H18S. The maximum Gasteiger partial charge on any atom is -0.00450 e. The summed E-state index contributed by atoms with van der Waals surface area (Å²) in [6, 6.07) is 21.7. The van der Waals surface area contributed by atoms with E-state index in [-0.39, 0.29) is 0 Å². The van der Waals surface area contributed by atoms with Crippen LogP contribution in [0.25, 0.3) is 0 Å². The fourth-order valence-corrected chi connectivity index (χ4v) is 4.79.